The minimum Gasteiger partial charge on any atom is -0.422 e. The number of hydrogen-bond acceptors (Lipinski definition) is 2. The first-order valence-corrected chi connectivity index (χ1v) is 5.94. The minimum absolute atomic E-state index is 0.0913. The fraction of sp³-hybridized carbons (Fsp3) is 0.0833. The molecule has 88 valence electrons. The van der Waals surface area contributed by atoms with Gasteiger partial charge in [-0.15, -0.1) is 0 Å². The molecule has 1 aromatic carbocycles. The van der Waals surface area contributed by atoms with E-state index in [4.69, 9.17) is 39.2 Å². The second kappa shape index (κ2) is 5.13. The van der Waals surface area contributed by atoms with Crippen molar-refractivity contribution in [1.29, 1.82) is 0 Å². The van der Waals surface area contributed by atoms with Gasteiger partial charge in [-0.25, -0.2) is 4.79 Å². The molecule has 1 aromatic heterocycles. The van der Waals surface area contributed by atoms with Gasteiger partial charge in [0.25, 0.3) is 0 Å². The molecular formula is C12H7Cl3O2. The third-order valence-corrected chi connectivity index (χ3v) is 3.04. The lowest BCUT2D eigenvalue weighted by Gasteiger charge is -2.03. The third kappa shape index (κ3) is 2.65. The van der Waals surface area contributed by atoms with Crippen LogP contribution in [0.3, 0.4) is 0 Å². The molecule has 0 N–H and O–H groups in total. The van der Waals surface area contributed by atoms with Crippen molar-refractivity contribution in [1.82, 2.24) is 0 Å². The quantitative estimate of drug-likeness (QED) is 0.771. The van der Waals surface area contributed by atoms with Gasteiger partial charge in [0, 0.05) is 11.8 Å². The Bertz CT molecular complexity index is 640. The highest BCUT2D eigenvalue weighted by atomic mass is 35.5. The Balaban J connectivity index is 2.64. The second-order valence-corrected chi connectivity index (χ2v) is 4.76. The Morgan fingerprint density at radius 1 is 1.29 bits per heavy atom. The summed E-state index contributed by atoms with van der Waals surface area (Å²) in [6, 6.07) is 7.08. The standard InChI is InChI=1S/C12H7Cl3O2/c13-10(14)6-5-8-11(15)7-3-1-2-4-9(7)17-12(8)16/h1-4,6H,5H2. The van der Waals surface area contributed by atoms with Gasteiger partial charge in [-0.2, -0.15) is 0 Å². The summed E-state index contributed by atoms with van der Waals surface area (Å²) in [4.78, 5) is 11.7. The highest BCUT2D eigenvalue weighted by Crippen LogP contribution is 2.25. The summed E-state index contributed by atoms with van der Waals surface area (Å²) < 4.78 is 5.24. The second-order valence-electron chi connectivity index (χ2n) is 3.38. The number of hydrogen-bond donors (Lipinski definition) is 0. The van der Waals surface area contributed by atoms with Gasteiger partial charge in [0.15, 0.2) is 0 Å². The van der Waals surface area contributed by atoms with E-state index in [9.17, 15) is 4.79 Å². The summed E-state index contributed by atoms with van der Waals surface area (Å²) in [7, 11) is 0. The first-order chi connectivity index (χ1) is 8.09. The number of rotatable bonds is 2. The molecule has 0 amide bonds. The SMILES string of the molecule is O=c1oc2ccccc2c(Cl)c1CC=C(Cl)Cl. The van der Waals surface area contributed by atoms with E-state index >= 15 is 0 Å². The zero-order valence-corrected chi connectivity index (χ0v) is 10.8. The van der Waals surface area contributed by atoms with E-state index < -0.39 is 5.63 Å². The van der Waals surface area contributed by atoms with E-state index in [1.807, 2.05) is 6.07 Å². The van der Waals surface area contributed by atoms with Crippen LogP contribution in [-0.2, 0) is 6.42 Å². The Labute approximate surface area is 112 Å². The largest absolute Gasteiger partial charge is 0.422 e. The Morgan fingerprint density at radius 2 is 2.00 bits per heavy atom. The lowest BCUT2D eigenvalue weighted by atomic mass is 10.1. The normalized spacial score (nSPS) is 10.5. The minimum atomic E-state index is -0.473. The van der Waals surface area contributed by atoms with Crippen molar-refractivity contribution in [3.8, 4) is 0 Å². The first kappa shape index (κ1) is 12.5. The summed E-state index contributed by atoms with van der Waals surface area (Å²) in [5, 5.41) is 1.07. The fourth-order valence-corrected chi connectivity index (χ4v) is 1.97. The maximum absolute atomic E-state index is 11.7. The Morgan fingerprint density at radius 3 is 2.71 bits per heavy atom. The van der Waals surface area contributed by atoms with Crippen LogP contribution in [0.25, 0.3) is 11.0 Å². The highest BCUT2D eigenvalue weighted by Gasteiger charge is 2.11. The van der Waals surface area contributed by atoms with Crippen molar-refractivity contribution < 1.29 is 4.42 Å². The molecule has 0 saturated carbocycles. The maximum Gasteiger partial charge on any atom is 0.341 e. The van der Waals surface area contributed by atoms with Crippen LogP contribution in [0, 0.1) is 0 Å². The third-order valence-electron chi connectivity index (χ3n) is 2.30. The molecule has 0 aliphatic carbocycles. The van der Waals surface area contributed by atoms with E-state index in [1.54, 1.807) is 18.2 Å². The Hall–Kier alpha value is -0.960. The fourth-order valence-electron chi connectivity index (χ4n) is 1.50. The summed E-state index contributed by atoms with van der Waals surface area (Å²) in [5.74, 6) is 0. The van der Waals surface area contributed by atoms with Crippen LogP contribution >= 0.6 is 34.8 Å². The lowest BCUT2D eigenvalue weighted by Crippen LogP contribution is -2.07. The highest BCUT2D eigenvalue weighted by molar-refractivity contribution is 6.55. The first-order valence-electron chi connectivity index (χ1n) is 4.81. The number of fused-ring (bicyclic) bond motifs is 1. The predicted octanol–water partition coefficient (Wildman–Crippen LogP) is 4.31. The van der Waals surface area contributed by atoms with Crippen LogP contribution in [0.2, 0.25) is 5.02 Å². The van der Waals surface area contributed by atoms with Crippen LogP contribution in [0.5, 0.6) is 0 Å². The van der Waals surface area contributed by atoms with Crippen LogP contribution in [0.1, 0.15) is 5.56 Å². The van der Waals surface area contributed by atoms with Gasteiger partial charge in [0.2, 0.25) is 0 Å². The maximum atomic E-state index is 11.7. The smallest absolute Gasteiger partial charge is 0.341 e. The molecule has 2 aromatic rings. The van der Waals surface area contributed by atoms with E-state index in [2.05, 4.69) is 0 Å². The van der Waals surface area contributed by atoms with Crippen LogP contribution < -0.4 is 5.63 Å². The topological polar surface area (TPSA) is 30.2 Å². The molecule has 0 aliphatic heterocycles. The molecule has 5 heteroatoms. The van der Waals surface area contributed by atoms with Gasteiger partial charge in [0.1, 0.15) is 10.1 Å². The number of benzene rings is 1. The Kier molecular flexibility index (Phi) is 3.77. The average molecular weight is 290 g/mol. The number of halogens is 3. The van der Waals surface area contributed by atoms with Gasteiger partial charge in [-0.3, -0.25) is 0 Å². The van der Waals surface area contributed by atoms with Crippen molar-refractivity contribution in [3.05, 3.63) is 55.8 Å². The molecule has 17 heavy (non-hydrogen) atoms. The van der Waals surface area contributed by atoms with Crippen molar-refractivity contribution >= 4 is 45.8 Å². The summed E-state index contributed by atoms with van der Waals surface area (Å²) >= 11 is 17.2. The molecule has 0 saturated heterocycles. The molecule has 2 rings (SSSR count). The van der Waals surface area contributed by atoms with Gasteiger partial charge in [0.05, 0.1) is 10.6 Å². The van der Waals surface area contributed by atoms with Crippen molar-refractivity contribution in [3.63, 3.8) is 0 Å². The van der Waals surface area contributed by atoms with E-state index in [-0.39, 0.29) is 10.9 Å². The average Bonchev–Trinajstić information content (AvgIpc) is 2.28. The molecule has 1 heterocycles. The van der Waals surface area contributed by atoms with E-state index in [0.29, 0.717) is 21.6 Å². The van der Waals surface area contributed by atoms with Crippen molar-refractivity contribution in [2.24, 2.45) is 0 Å². The van der Waals surface area contributed by atoms with Crippen LogP contribution in [0.15, 0.2) is 44.0 Å². The van der Waals surface area contributed by atoms with Crippen molar-refractivity contribution in [2.75, 3.05) is 0 Å². The molecule has 0 bridgehead atoms. The number of allylic oxidation sites excluding steroid dienone is 1. The van der Waals surface area contributed by atoms with Gasteiger partial charge in [-0.1, -0.05) is 46.9 Å². The van der Waals surface area contributed by atoms with Crippen LogP contribution in [-0.4, -0.2) is 0 Å². The van der Waals surface area contributed by atoms with Gasteiger partial charge in [-0.05, 0) is 18.2 Å². The molecule has 0 aliphatic rings. The van der Waals surface area contributed by atoms with E-state index in [1.165, 1.54) is 6.08 Å². The summed E-state index contributed by atoms with van der Waals surface area (Å²) in [5.41, 5.74) is 0.343. The molecule has 0 fully saturated rings. The lowest BCUT2D eigenvalue weighted by molar-refractivity contribution is 0.553. The summed E-state index contributed by atoms with van der Waals surface area (Å²) in [6.45, 7) is 0. The molecule has 0 unspecified atom stereocenters. The predicted molar refractivity (Wildman–Crippen MR) is 71.0 cm³/mol. The monoisotopic (exact) mass is 288 g/mol. The molecule has 0 spiro atoms. The molecule has 2 nitrogen and oxygen atoms in total. The summed E-state index contributed by atoms with van der Waals surface area (Å²) in [6.07, 6.45) is 1.74. The van der Waals surface area contributed by atoms with Crippen molar-refractivity contribution in [2.45, 2.75) is 6.42 Å². The van der Waals surface area contributed by atoms with Gasteiger partial charge >= 0.3 is 5.63 Å². The molecule has 0 atom stereocenters. The van der Waals surface area contributed by atoms with Crippen LogP contribution in [0.4, 0.5) is 0 Å². The van der Waals surface area contributed by atoms with Gasteiger partial charge < -0.3 is 4.42 Å². The molecular weight excluding hydrogens is 282 g/mol. The number of para-hydroxylation sites is 1. The zero-order chi connectivity index (χ0) is 12.4. The zero-order valence-electron chi connectivity index (χ0n) is 8.54. The molecule has 0 radical (unpaired) electrons. The van der Waals surface area contributed by atoms with E-state index in [0.717, 1.165) is 0 Å².